The summed E-state index contributed by atoms with van der Waals surface area (Å²) in [4.78, 5) is 13.2. The van der Waals surface area contributed by atoms with E-state index >= 15 is 0 Å². The van der Waals surface area contributed by atoms with E-state index in [0.717, 1.165) is 35.6 Å². The van der Waals surface area contributed by atoms with E-state index in [-0.39, 0.29) is 0 Å². The molecule has 0 spiro atoms. The molecule has 108 valence electrons. The van der Waals surface area contributed by atoms with Crippen molar-refractivity contribution in [3.8, 4) is 11.3 Å². The van der Waals surface area contributed by atoms with Crippen molar-refractivity contribution in [1.82, 2.24) is 14.7 Å². The molecule has 0 atom stereocenters. The molecule has 0 saturated carbocycles. The number of benzene rings is 1. The maximum atomic E-state index is 4.64. The molecule has 0 fully saturated rings. The molecule has 2 aromatic heterocycles. The number of imidazole rings is 1. The highest BCUT2D eigenvalue weighted by molar-refractivity contribution is 5.94. The fourth-order valence-corrected chi connectivity index (χ4v) is 2.44. The Balaban J connectivity index is 1.66. The Morgan fingerprint density at radius 1 is 1.09 bits per heavy atom. The van der Waals surface area contributed by atoms with Crippen molar-refractivity contribution in [1.29, 1.82) is 0 Å². The Labute approximate surface area is 128 Å². The van der Waals surface area contributed by atoms with E-state index in [1.54, 1.807) is 0 Å². The highest BCUT2D eigenvalue weighted by atomic mass is 15.2. The third-order valence-corrected chi connectivity index (χ3v) is 3.54. The van der Waals surface area contributed by atoms with Crippen LogP contribution < -0.4 is 5.32 Å². The lowest BCUT2D eigenvalue weighted by molar-refractivity contribution is 0.957. The molecule has 0 aliphatic carbocycles. The van der Waals surface area contributed by atoms with Crippen LogP contribution in [0.1, 0.15) is 5.56 Å². The topological polar surface area (TPSA) is 54.0 Å². The van der Waals surface area contributed by atoms with Gasteiger partial charge in [0.05, 0.1) is 12.2 Å². The van der Waals surface area contributed by atoms with Crippen LogP contribution in [0.4, 0.5) is 0 Å². The largest absolute Gasteiger partial charge is 0.353 e. The highest BCUT2D eigenvalue weighted by Gasteiger charge is 2.05. The smallest absolute Gasteiger partial charge is 0.218 e. The number of rotatable bonds is 2. The van der Waals surface area contributed by atoms with E-state index in [9.17, 15) is 0 Å². The van der Waals surface area contributed by atoms with Crippen LogP contribution in [0, 0.1) is 0 Å². The van der Waals surface area contributed by atoms with Gasteiger partial charge in [0.1, 0.15) is 5.65 Å². The van der Waals surface area contributed by atoms with Gasteiger partial charge in [-0.15, -0.1) is 0 Å². The Kier molecular flexibility index (Phi) is 3.16. The van der Waals surface area contributed by atoms with Crippen molar-refractivity contribution in [3.63, 3.8) is 0 Å². The summed E-state index contributed by atoms with van der Waals surface area (Å²) in [5.41, 5.74) is 4.02. The lowest BCUT2D eigenvalue weighted by Crippen LogP contribution is -2.16. The van der Waals surface area contributed by atoms with Gasteiger partial charge in [0, 0.05) is 36.3 Å². The molecule has 3 heterocycles. The van der Waals surface area contributed by atoms with Gasteiger partial charge in [-0.25, -0.2) is 15.0 Å². The number of hydrogen-bond donors (Lipinski definition) is 1. The summed E-state index contributed by atoms with van der Waals surface area (Å²) in [5, 5.41) is 3.12. The SMILES string of the molecule is C(=N\C1=NCCN1)/c1ccc2nc(-c3ccccc3)cn2c1. The van der Waals surface area contributed by atoms with Crippen LogP contribution in [-0.4, -0.2) is 34.6 Å². The molecule has 5 nitrogen and oxygen atoms in total. The Hall–Kier alpha value is -2.95. The van der Waals surface area contributed by atoms with Gasteiger partial charge in [0.2, 0.25) is 5.96 Å². The minimum absolute atomic E-state index is 0.704. The van der Waals surface area contributed by atoms with E-state index in [0.29, 0.717) is 5.96 Å². The van der Waals surface area contributed by atoms with Gasteiger partial charge >= 0.3 is 0 Å². The van der Waals surface area contributed by atoms with E-state index in [2.05, 4.69) is 32.4 Å². The van der Waals surface area contributed by atoms with Crippen molar-refractivity contribution in [3.05, 3.63) is 60.4 Å². The summed E-state index contributed by atoms with van der Waals surface area (Å²) in [6.45, 7) is 1.67. The number of aliphatic imine (C=N–C) groups is 2. The van der Waals surface area contributed by atoms with Gasteiger partial charge < -0.3 is 9.72 Å². The molecule has 0 bridgehead atoms. The predicted octanol–water partition coefficient (Wildman–Crippen LogP) is 2.38. The molecule has 1 aromatic carbocycles. The quantitative estimate of drug-likeness (QED) is 0.736. The first-order valence-corrected chi connectivity index (χ1v) is 7.25. The van der Waals surface area contributed by atoms with E-state index in [4.69, 9.17) is 0 Å². The van der Waals surface area contributed by atoms with Crippen LogP contribution >= 0.6 is 0 Å². The number of aromatic nitrogens is 2. The fourth-order valence-electron chi connectivity index (χ4n) is 2.44. The zero-order chi connectivity index (χ0) is 14.8. The Morgan fingerprint density at radius 3 is 2.82 bits per heavy atom. The summed E-state index contributed by atoms with van der Waals surface area (Å²) < 4.78 is 2.02. The van der Waals surface area contributed by atoms with Crippen molar-refractivity contribution < 1.29 is 0 Å². The number of fused-ring (bicyclic) bond motifs is 1. The van der Waals surface area contributed by atoms with E-state index in [1.807, 2.05) is 53.3 Å². The Bertz CT molecular complexity index is 861. The maximum absolute atomic E-state index is 4.64. The first-order valence-electron chi connectivity index (χ1n) is 7.25. The second-order valence-corrected chi connectivity index (χ2v) is 5.11. The van der Waals surface area contributed by atoms with Gasteiger partial charge in [-0.2, -0.15) is 0 Å². The van der Waals surface area contributed by atoms with Crippen LogP contribution in [0.25, 0.3) is 16.9 Å². The van der Waals surface area contributed by atoms with Gasteiger partial charge in [0.25, 0.3) is 0 Å². The maximum Gasteiger partial charge on any atom is 0.218 e. The first kappa shape index (κ1) is 12.8. The summed E-state index contributed by atoms with van der Waals surface area (Å²) in [7, 11) is 0. The summed E-state index contributed by atoms with van der Waals surface area (Å²) >= 11 is 0. The normalized spacial score (nSPS) is 14.5. The molecule has 0 amide bonds. The molecule has 4 rings (SSSR count). The van der Waals surface area contributed by atoms with Crippen molar-refractivity contribution in [2.45, 2.75) is 0 Å². The molecule has 0 radical (unpaired) electrons. The molecule has 22 heavy (non-hydrogen) atoms. The van der Waals surface area contributed by atoms with Gasteiger partial charge in [-0.1, -0.05) is 30.3 Å². The molecule has 1 aliphatic heterocycles. The minimum Gasteiger partial charge on any atom is -0.353 e. The van der Waals surface area contributed by atoms with Crippen LogP contribution in [0.2, 0.25) is 0 Å². The van der Waals surface area contributed by atoms with Gasteiger partial charge in [-0.3, -0.25) is 0 Å². The zero-order valence-corrected chi connectivity index (χ0v) is 12.0. The van der Waals surface area contributed by atoms with Crippen LogP contribution in [0.5, 0.6) is 0 Å². The second-order valence-electron chi connectivity index (χ2n) is 5.11. The van der Waals surface area contributed by atoms with Gasteiger partial charge in [0.15, 0.2) is 0 Å². The molecule has 0 unspecified atom stereocenters. The summed E-state index contributed by atoms with van der Waals surface area (Å²) in [6.07, 6.45) is 5.87. The van der Waals surface area contributed by atoms with Crippen LogP contribution in [0.3, 0.4) is 0 Å². The first-order chi connectivity index (χ1) is 10.9. The molecular formula is C17H15N5. The van der Waals surface area contributed by atoms with Crippen molar-refractivity contribution >= 4 is 17.8 Å². The Morgan fingerprint density at radius 2 is 2.00 bits per heavy atom. The van der Waals surface area contributed by atoms with Crippen LogP contribution in [-0.2, 0) is 0 Å². The van der Waals surface area contributed by atoms with Crippen molar-refractivity contribution in [2.24, 2.45) is 9.98 Å². The molecule has 0 saturated heterocycles. The third kappa shape index (κ3) is 2.48. The lowest BCUT2D eigenvalue weighted by atomic mass is 10.2. The number of nitrogens with one attached hydrogen (secondary N) is 1. The average Bonchev–Trinajstić information content (AvgIpc) is 3.22. The monoisotopic (exact) mass is 289 g/mol. The number of hydrogen-bond acceptors (Lipinski definition) is 4. The number of pyridine rings is 1. The molecule has 1 N–H and O–H groups in total. The zero-order valence-electron chi connectivity index (χ0n) is 12.0. The fraction of sp³-hybridized carbons (Fsp3) is 0.118. The second kappa shape index (κ2) is 5.44. The minimum atomic E-state index is 0.704. The highest BCUT2D eigenvalue weighted by Crippen LogP contribution is 2.18. The van der Waals surface area contributed by atoms with E-state index in [1.165, 1.54) is 0 Å². The average molecular weight is 289 g/mol. The third-order valence-electron chi connectivity index (χ3n) is 3.54. The van der Waals surface area contributed by atoms with Gasteiger partial charge in [-0.05, 0) is 12.1 Å². The summed E-state index contributed by atoms with van der Waals surface area (Å²) in [6, 6.07) is 14.2. The molecular weight excluding hydrogens is 274 g/mol. The number of nitrogens with zero attached hydrogens (tertiary/aromatic N) is 4. The molecule has 5 heteroatoms. The lowest BCUT2D eigenvalue weighted by Gasteiger charge is -1.96. The van der Waals surface area contributed by atoms with Crippen LogP contribution in [0.15, 0.2) is 64.8 Å². The molecule has 1 aliphatic rings. The standard InChI is InChI=1S/C17H15N5/c1-2-4-14(5-3-1)15-12-22-11-13(6-7-16(22)21-15)10-20-17-18-8-9-19-17/h1-7,10-12H,8-9H2,(H,18,19)/b20-10+. The van der Waals surface area contributed by atoms with E-state index < -0.39 is 0 Å². The predicted molar refractivity (Wildman–Crippen MR) is 88.5 cm³/mol. The summed E-state index contributed by atoms with van der Waals surface area (Å²) in [5.74, 6) is 0.704. The molecule has 3 aromatic rings. The van der Waals surface area contributed by atoms with Crippen molar-refractivity contribution in [2.75, 3.05) is 13.1 Å². The number of guanidine groups is 1.